The number of para-hydroxylation sites is 3. The van der Waals surface area contributed by atoms with E-state index in [0.717, 1.165) is 33.7 Å². The molecule has 0 aliphatic rings. The van der Waals surface area contributed by atoms with Crippen molar-refractivity contribution in [2.45, 2.75) is 59.3 Å². The summed E-state index contributed by atoms with van der Waals surface area (Å²) in [5, 5.41) is 4.87. The van der Waals surface area contributed by atoms with E-state index in [2.05, 4.69) is 123 Å². The molecule has 3 heterocycles. The number of pyridine rings is 1. The van der Waals surface area contributed by atoms with E-state index in [-0.39, 0.29) is 20.1 Å². The number of aromatic nitrogens is 3. The number of fused-ring (bicyclic) bond motifs is 2. The summed E-state index contributed by atoms with van der Waals surface area (Å²) in [6, 6.07) is 38.9. The predicted octanol–water partition coefficient (Wildman–Crippen LogP) is 11.6. The molecule has 235 valence electrons. The van der Waals surface area contributed by atoms with Crippen molar-refractivity contribution in [2.24, 2.45) is 0 Å². The largest absolute Gasteiger partial charge is 0.333 e. The molecule has 3 aromatic heterocycles. The van der Waals surface area contributed by atoms with Gasteiger partial charge in [0.1, 0.15) is 0 Å². The first-order valence-electron chi connectivity index (χ1n) is 15.8. The summed E-state index contributed by atoms with van der Waals surface area (Å²) in [5.74, 6) is 2.28. The molecular formula is C41H39IrN3S-2. The summed E-state index contributed by atoms with van der Waals surface area (Å²) < 4.78 is 3.66. The Morgan fingerprint density at radius 1 is 0.717 bits per heavy atom. The molecule has 0 unspecified atom stereocenters. The molecule has 0 saturated heterocycles. The summed E-state index contributed by atoms with van der Waals surface area (Å²) in [5.41, 5.74) is 10.6. The van der Waals surface area contributed by atoms with Gasteiger partial charge in [0, 0.05) is 32.0 Å². The molecule has 0 fully saturated rings. The molecule has 0 spiro atoms. The zero-order chi connectivity index (χ0) is 31.5. The van der Waals surface area contributed by atoms with Crippen molar-refractivity contribution in [2.75, 3.05) is 0 Å². The molecule has 1 radical (unpaired) electrons. The van der Waals surface area contributed by atoms with Gasteiger partial charge in [0.05, 0.1) is 16.9 Å². The van der Waals surface area contributed by atoms with Crippen LogP contribution in [0.3, 0.4) is 0 Å². The normalized spacial score (nSPS) is 11.2. The molecule has 0 aliphatic carbocycles. The van der Waals surface area contributed by atoms with Crippen molar-refractivity contribution < 1.29 is 20.1 Å². The van der Waals surface area contributed by atoms with E-state index in [1.165, 1.54) is 32.5 Å². The van der Waals surface area contributed by atoms with Crippen LogP contribution in [-0.2, 0) is 20.1 Å². The third kappa shape index (κ3) is 6.78. The van der Waals surface area contributed by atoms with E-state index >= 15 is 0 Å². The number of thiophene rings is 1. The monoisotopic (exact) mass is 798 g/mol. The molecule has 46 heavy (non-hydrogen) atoms. The molecular weight excluding hydrogens is 759 g/mol. The van der Waals surface area contributed by atoms with Gasteiger partial charge in [-0.05, 0) is 52.8 Å². The molecule has 7 rings (SSSR count). The quantitative estimate of drug-likeness (QED) is 0.157. The zero-order valence-electron chi connectivity index (χ0n) is 27.2. The van der Waals surface area contributed by atoms with Crippen LogP contribution in [0.4, 0.5) is 0 Å². The first-order valence-corrected chi connectivity index (χ1v) is 16.6. The number of imidazole rings is 1. The van der Waals surface area contributed by atoms with Crippen LogP contribution in [0.1, 0.15) is 76.0 Å². The summed E-state index contributed by atoms with van der Waals surface area (Å²) in [7, 11) is 0. The van der Waals surface area contributed by atoms with Crippen LogP contribution >= 0.6 is 11.3 Å². The second kappa shape index (κ2) is 14.7. The van der Waals surface area contributed by atoms with Crippen molar-refractivity contribution in [3.63, 3.8) is 0 Å². The minimum atomic E-state index is 0. The van der Waals surface area contributed by atoms with E-state index in [4.69, 9.17) is 4.98 Å². The molecule has 0 aliphatic heterocycles. The number of benzene rings is 4. The fourth-order valence-electron chi connectivity index (χ4n) is 5.78. The molecule has 0 N–H and O–H groups in total. The van der Waals surface area contributed by atoms with Gasteiger partial charge in [0.2, 0.25) is 0 Å². The van der Waals surface area contributed by atoms with Gasteiger partial charge in [-0.3, -0.25) is 16.3 Å². The molecule has 0 atom stereocenters. The van der Waals surface area contributed by atoms with Crippen LogP contribution < -0.4 is 0 Å². The molecule has 7 aromatic rings. The van der Waals surface area contributed by atoms with Gasteiger partial charge < -0.3 is 9.55 Å². The maximum atomic E-state index is 5.20. The van der Waals surface area contributed by atoms with Crippen molar-refractivity contribution in [1.29, 1.82) is 0 Å². The van der Waals surface area contributed by atoms with E-state index < -0.39 is 0 Å². The summed E-state index contributed by atoms with van der Waals surface area (Å²) in [4.78, 5) is 9.41. The Morgan fingerprint density at radius 3 is 2.09 bits per heavy atom. The van der Waals surface area contributed by atoms with Gasteiger partial charge in [0.15, 0.2) is 0 Å². The van der Waals surface area contributed by atoms with Crippen LogP contribution in [0, 0.1) is 11.4 Å². The Morgan fingerprint density at radius 2 is 1.43 bits per heavy atom. The average molecular weight is 798 g/mol. The average Bonchev–Trinajstić information content (AvgIpc) is 3.66. The number of hydrogen-bond donors (Lipinski definition) is 0. The fourth-order valence-corrected chi connectivity index (χ4v) is 6.60. The van der Waals surface area contributed by atoms with E-state index in [1.807, 2.05) is 42.5 Å². The van der Waals surface area contributed by atoms with Gasteiger partial charge in [-0.25, -0.2) is 0 Å². The minimum Gasteiger partial charge on any atom is -0.333 e. The maximum Gasteiger partial charge on any atom is 0.0774 e. The number of rotatable bonds is 6. The van der Waals surface area contributed by atoms with Gasteiger partial charge in [-0.15, -0.1) is 47.3 Å². The van der Waals surface area contributed by atoms with E-state index in [0.29, 0.717) is 17.8 Å². The Kier molecular flexibility index (Phi) is 10.7. The van der Waals surface area contributed by atoms with Crippen LogP contribution in [0.2, 0.25) is 0 Å². The van der Waals surface area contributed by atoms with Crippen LogP contribution in [0.5, 0.6) is 0 Å². The molecule has 5 heteroatoms. The Balaban J connectivity index is 0.000000269. The minimum absolute atomic E-state index is 0. The van der Waals surface area contributed by atoms with Gasteiger partial charge in [-0.1, -0.05) is 117 Å². The third-order valence-corrected chi connectivity index (χ3v) is 9.09. The summed E-state index contributed by atoms with van der Waals surface area (Å²) >= 11 is 1.69. The second-order valence-electron chi connectivity index (χ2n) is 12.3. The smallest absolute Gasteiger partial charge is 0.0774 e. The van der Waals surface area contributed by atoms with Crippen molar-refractivity contribution in [3.05, 3.63) is 137 Å². The van der Waals surface area contributed by atoms with E-state index in [9.17, 15) is 0 Å². The van der Waals surface area contributed by atoms with Crippen molar-refractivity contribution >= 4 is 32.5 Å². The molecule has 0 bridgehead atoms. The van der Waals surface area contributed by atoms with Crippen molar-refractivity contribution in [3.8, 4) is 28.3 Å². The van der Waals surface area contributed by atoms with Crippen LogP contribution in [-0.4, -0.2) is 14.5 Å². The van der Waals surface area contributed by atoms with Crippen LogP contribution in [0.15, 0.2) is 109 Å². The topological polar surface area (TPSA) is 30.7 Å². The molecule has 0 amide bonds. The van der Waals surface area contributed by atoms with Crippen molar-refractivity contribution in [1.82, 2.24) is 14.5 Å². The van der Waals surface area contributed by atoms with Gasteiger partial charge in [0.25, 0.3) is 0 Å². The number of hydrogen-bond acceptors (Lipinski definition) is 3. The maximum absolute atomic E-state index is 5.20. The Hall–Kier alpha value is -3.89. The Labute approximate surface area is 290 Å². The molecule has 4 aromatic carbocycles. The summed E-state index contributed by atoms with van der Waals surface area (Å²) in [6.07, 6.45) is 1.79. The van der Waals surface area contributed by atoms with Gasteiger partial charge >= 0.3 is 0 Å². The fraction of sp³-hybridized carbons (Fsp3) is 0.220. The second-order valence-corrected chi connectivity index (χ2v) is 13.2. The van der Waals surface area contributed by atoms with E-state index in [1.54, 1.807) is 17.5 Å². The molecule has 0 saturated carbocycles. The zero-order valence-corrected chi connectivity index (χ0v) is 30.4. The number of nitrogens with zero attached hydrogens (tertiary/aromatic N) is 3. The Bertz CT molecular complexity index is 1980. The third-order valence-electron chi connectivity index (χ3n) is 8.20. The van der Waals surface area contributed by atoms with Crippen LogP contribution in [0.25, 0.3) is 49.5 Å². The molecule has 3 nitrogen and oxygen atoms in total. The van der Waals surface area contributed by atoms with Gasteiger partial charge in [-0.2, -0.15) is 0 Å². The SMILES string of the molecule is CC(C)c1ccc2s[c-]c(-c3nc4ccccc4n3-c3c(C(C)C)cccc3C(C)C)c2c1.[Ir].[c-]1ccccc1-c1ccccn1. The first kappa shape index (κ1) is 33.5. The summed E-state index contributed by atoms with van der Waals surface area (Å²) in [6.45, 7) is 13.6. The predicted molar refractivity (Wildman–Crippen MR) is 192 cm³/mol. The standard InChI is InChI=1S/C30H31N2S.C11H8N.Ir/c1-18(2)21-14-15-28-24(16-21)25(17-33-28)30-31-26-12-7-8-13-27(26)32(30)29-22(19(3)4)10-9-11-23(29)20(5)6;1-2-6-10(7-3-1)11-8-4-5-9-12-11;/h7-16,18-20H,1-6H3;1-6,8-9H;/q2*-1;. The first-order chi connectivity index (χ1) is 21.8.